The Hall–Kier alpha value is -0.920. The molecule has 0 aromatic heterocycles. The van der Waals surface area contributed by atoms with Crippen LogP contribution in [0.4, 0.5) is 8.78 Å². The molecule has 1 aromatic carbocycles. The minimum atomic E-state index is -2.74. The lowest BCUT2D eigenvalue weighted by atomic mass is 9.86. The van der Waals surface area contributed by atoms with Crippen molar-refractivity contribution in [1.29, 1.82) is 0 Å². The minimum Gasteiger partial charge on any atom is -0.202 e. The average molecular weight is 226 g/mol. The van der Waals surface area contributed by atoms with Crippen LogP contribution in [0.1, 0.15) is 51.2 Å². The fourth-order valence-electron chi connectivity index (χ4n) is 2.11. The van der Waals surface area contributed by atoms with Crippen molar-refractivity contribution in [3.05, 3.63) is 35.4 Å². The van der Waals surface area contributed by atoms with Gasteiger partial charge in [-0.2, -0.15) is 0 Å². The van der Waals surface area contributed by atoms with E-state index in [1.165, 1.54) is 0 Å². The van der Waals surface area contributed by atoms with Gasteiger partial charge in [-0.3, -0.25) is 0 Å². The van der Waals surface area contributed by atoms with Crippen LogP contribution >= 0.6 is 0 Å². The van der Waals surface area contributed by atoms with Gasteiger partial charge in [0.25, 0.3) is 5.92 Å². The standard InChI is InChI=1S/C14H20F2/c1-5-13(10(2)3)11-6-8-12(9-7-11)14(4,15)16/h6-10,13H,5H2,1-4H3/t13-/m1/s1. The average Bonchev–Trinajstić information content (AvgIpc) is 2.17. The third-order valence-electron chi connectivity index (χ3n) is 3.09. The Labute approximate surface area is 96.7 Å². The molecule has 0 heterocycles. The van der Waals surface area contributed by atoms with Gasteiger partial charge in [-0.15, -0.1) is 0 Å². The third kappa shape index (κ3) is 3.03. The van der Waals surface area contributed by atoms with Crippen molar-refractivity contribution >= 4 is 0 Å². The second-order valence-corrected chi connectivity index (χ2v) is 4.77. The van der Waals surface area contributed by atoms with Crippen LogP contribution in [-0.4, -0.2) is 0 Å². The topological polar surface area (TPSA) is 0 Å². The van der Waals surface area contributed by atoms with Crippen molar-refractivity contribution < 1.29 is 8.78 Å². The van der Waals surface area contributed by atoms with E-state index in [4.69, 9.17) is 0 Å². The summed E-state index contributed by atoms with van der Waals surface area (Å²) in [7, 11) is 0. The highest BCUT2D eigenvalue weighted by Crippen LogP contribution is 2.31. The van der Waals surface area contributed by atoms with E-state index in [1.807, 2.05) is 12.1 Å². The highest BCUT2D eigenvalue weighted by Gasteiger charge is 2.24. The summed E-state index contributed by atoms with van der Waals surface area (Å²) < 4.78 is 26.1. The zero-order chi connectivity index (χ0) is 12.3. The monoisotopic (exact) mass is 226 g/mol. The number of hydrogen-bond acceptors (Lipinski definition) is 0. The molecule has 0 unspecified atom stereocenters. The molecule has 0 saturated carbocycles. The van der Waals surface area contributed by atoms with Crippen LogP contribution in [0.15, 0.2) is 24.3 Å². The molecule has 1 aromatic rings. The fourth-order valence-corrected chi connectivity index (χ4v) is 2.11. The minimum absolute atomic E-state index is 0.0925. The molecule has 0 amide bonds. The van der Waals surface area contributed by atoms with E-state index >= 15 is 0 Å². The molecule has 16 heavy (non-hydrogen) atoms. The van der Waals surface area contributed by atoms with E-state index in [9.17, 15) is 8.78 Å². The lowest BCUT2D eigenvalue weighted by molar-refractivity contribution is 0.0174. The molecule has 0 saturated heterocycles. The van der Waals surface area contributed by atoms with Gasteiger partial charge in [0.05, 0.1) is 0 Å². The van der Waals surface area contributed by atoms with E-state index in [0.717, 1.165) is 18.9 Å². The van der Waals surface area contributed by atoms with Crippen molar-refractivity contribution in [2.75, 3.05) is 0 Å². The van der Waals surface area contributed by atoms with Gasteiger partial charge in [-0.1, -0.05) is 45.0 Å². The Morgan fingerprint density at radius 2 is 1.62 bits per heavy atom. The Morgan fingerprint density at radius 1 is 1.12 bits per heavy atom. The van der Waals surface area contributed by atoms with Gasteiger partial charge in [-0.05, 0) is 23.8 Å². The van der Waals surface area contributed by atoms with Crippen molar-refractivity contribution in [3.63, 3.8) is 0 Å². The van der Waals surface area contributed by atoms with E-state index in [2.05, 4.69) is 20.8 Å². The summed E-state index contributed by atoms with van der Waals surface area (Å²) in [5.74, 6) is -1.74. The van der Waals surface area contributed by atoms with Gasteiger partial charge in [-0.25, -0.2) is 8.78 Å². The number of halogens is 2. The van der Waals surface area contributed by atoms with E-state index in [1.54, 1.807) is 12.1 Å². The van der Waals surface area contributed by atoms with Crippen LogP contribution in [0.25, 0.3) is 0 Å². The molecular weight excluding hydrogens is 206 g/mol. The maximum absolute atomic E-state index is 13.0. The molecule has 0 radical (unpaired) electrons. The molecule has 1 atom stereocenters. The van der Waals surface area contributed by atoms with Gasteiger partial charge >= 0.3 is 0 Å². The molecular formula is C14H20F2. The molecule has 0 spiro atoms. The largest absolute Gasteiger partial charge is 0.270 e. The first-order valence-corrected chi connectivity index (χ1v) is 5.84. The summed E-state index contributed by atoms with van der Waals surface area (Å²) in [6.07, 6.45) is 1.04. The highest BCUT2D eigenvalue weighted by atomic mass is 19.3. The molecule has 1 rings (SSSR count). The van der Waals surface area contributed by atoms with Gasteiger partial charge < -0.3 is 0 Å². The van der Waals surface area contributed by atoms with Crippen molar-refractivity contribution in [2.24, 2.45) is 5.92 Å². The number of alkyl halides is 2. The third-order valence-corrected chi connectivity index (χ3v) is 3.09. The molecule has 0 fully saturated rings. The number of rotatable bonds is 4. The highest BCUT2D eigenvalue weighted by molar-refractivity contribution is 5.28. The summed E-state index contributed by atoms with van der Waals surface area (Å²) in [5, 5.41) is 0. The van der Waals surface area contributed by atoms with Gasteiger partial charge in [0.1, 0.15) is 0 Å². The first-order chi connectivity index (χ1) is 7.36. The Bertz CT molecular complexity index is 320. The molecule has 0 aliphatic rings. The lowest BCUT2D eigenvalue weighted by Crippen LogP contribution is -2.09. The Kier molecular flexibility index (Phi) is 4.06. The van der Waals surface area contributed by atoms with Crippen molar-refractivity contribution in [3.8, 4) is 0 Å². The SMILES string of the molecule is CC[C@@H](c1ccc(C(C)(F)F)cc1)C(C)C. The summed E-state index contributed by atoms with van der Waals surface area (Å²) in [4.78, 5) is 0. The van der Waals surface area contributed by atoms with E-state index in [-0.39, 0.29) is 5.56 Å². The molecule has 0 nitrogen and oxygen atoms in total. The van der Waals surface area contributed by atoms with Crippen molar-refractivity contribution in [1.82, 2.24) is 0 Å². The zero-order valence-corrected chi connectivity index (χ0v) is 10.4. The maximum Gasteiger partial charge on any atom is 0.270 e. The molecule has 90 valence electrons. The van der Waals surface area contributed by atoms with Crippen LogP contribution in [0.5, 0.6) is 0 Å². The Morgan fingerprint density at radius 3 is 1.94 bits per heavy atom. The first-order valence-electron chi connectivity index (χ1n) is 5.84. The molecule has 0 N–H and O–H groups in total. The first kappa shape index (κ1) is 13.1. The number of hydrogen-bond donors (Lipinski definition) is 0. The smallest absolute Gasteiger partial charge is 0.202 e. The summed E-state index contributed by atoms with van der Waals surface area (Å²) in [6.45, 7) is 7.39. The summed E-state index contributed by atoms with van der Waals surface area (Å²) in [6, 6.07) is 6.75. The molecule has 0 aliphatic heterocycles. The molecule has 0 bridgehead atoms. The quantitative estimate of drug-likeness (QED) is 0.681. The van der Waals surface area contributed by atoms with Crippen LogP contribution in [0.2, 0.25) is 0 Å². The molecule has 0 aliphatic carbocycles. The zero-order valence-electron chi connectivity index (χ0n) is 10.4. The second-order valence-electron chi connectivity index (χ2n) is 4.77. The predicted octanol–water partition coefficient (Wildman–Crippen LogP) is 4.95. The second kappa shape index (κ2) is 4.94. The van der Waals surface area contributed by atoms with Gasteiger partial charge in [0.15, 0.2) is 0 Å². The summed E-state index contributed by atoms with van der Waals surface area (Å²) in [5.41, 5.74) is 1.25. The summed E-state index contributed by atoms with van der Waals surface area (Å²) >= 11 is 0. The number of benzene rings is 1. The van der Waals surface area contributed by atoms with Gasteiger partial charge in [0, 0.05) is 12.5 Å². The van der Waals surface area contributed by atoms with Gasteiger partial charge in [0.2, 0.25) is 0 Å². The predicted molar refractivity (Wildman–Crippen MR) is 63.9 cm³/mol. The lowest BCUT2D eigenvalue weighted by Gasteiger charge is -2.20. The Balaban J connectivity index is 2.94. The normalized spacial score (nSPS) is 14.2. The van der Waals surface area contributed by atoms with E-state index < -0.39 is 5.92 Å². The van der Waals surface area contributed by atoms with Crippen molar-refractivity contribution in [2.45, 2.75) is 46.0 Å². The van der Waals surface area contributed by atoms with Crippen LogP contribution in [-0.2, 0) is 5.92 Å². The fraction of sp³-hybridized carbons (Fsp3) is 0.571. The van der Waals surface area contributed by atoms with Crippen LogP contribution in [0.3, 0.4) is 0 Å². The van der Waals surface area contributed by atoms with Crippen LogP contribution < -0.4 is 0 Å². The van der Waals surface area contributed by atoms with E-state index in [0.29, 0.717) is 11.8 Å². The molecule has 2 heteroatoms. The maximum atomic E-state index is 13.0. The van der Waals surface area contributed by atoms with Crippen LogP contribution in [0, 0.1) is 5.92 Å².